The van der Waals surface area contributed by atoms with E-state index in [-0.39, 0.29) is 28.9 Å². The van der Waals surface area contributed by atoms with Gasteiger partial charge in [-0.1, -0.05) is 23.7 Å². The van der Waals surface area contributed by atoms with E-state index in [2.05, 4.69) is 5.32 Å². The Balaban J connectivity index is 2.04. The maximum Gasteiger partial charge on any atom is 0.413 e. The second kappa shape index (κ2) is 8.19. The van der Waals surface area contributed by atoms with Crippen molar-refractivity contribution >= 4 is 17.7 Å². The maximum atomic E-state index is 11.8. The van der Waals surface area contributed by atoms with Crippen molar-refractivity contribution in [1.29, 1.82) is 0 Å². The molecule has 2 aromatic rings. The largest absolute Gasteiger partial charge is 0.504 e. The number of aromatic hydroxyl groups is 1. The Bertz CT molecular complexity index is 769. The van der Waals surface area contributed by atoms with E-state index in [1.54, 1.807) is 7.11 Å². The molecule has 0 saturated carbocycles. The molecule has 0 aliphatic rings. The van der Waals surface area contributed by atoms with E-state index < -0.39 is 11.6 Å². The lowest BCUT2D eigenvalue weighted by molar-refractivity contribution is 0.188. The van der Waals surface area contributed by atoms with E-state index in [1.807, 2.05) is 45.0 Å². The van der Waals surface area contributed by atoms with Crippen molar-refractivity contribution in [3.63, 3.8) is 0 Å². The molecule has 0 heterocycles. The number of methoxy groups -OCH3 is 1. The maximum absolute atomic E-state index is 11.8. The van der Waals surface area contributed by atoms with Crippen LogP contribution in [0.5, 0.6) is 23.0 Å². The van der Waals surface area contributed by atoms with E-state index in [4.69, 9.17) is 25.8 Å². The van der Waals surface area contributed by atoms with Gasteiger partial charge in [0.05, 0.1) is 12.1 Å². The summed E-state index contributed by atoms with van der Waals surface area (Å²) in [5.41, 5.74) is 0.448. The summed E-state index contributed by atoms with van der Waals surface area (Å²) < 4.78 is 15.8. The molecule has 0 radical (unpaired) electrons. The molecule has 6 nitrogen and oxygen atoms in total. The second-order valence-electron chi connectivity index (χ2n) is 6.65. The fourth-order valence-corrected chi connectivity index (χ4v) is 2.24. The number of phenols is 1. The van der Waals surface area contributed by atoms with Crippen LogP contribution in [-0.2, 0) is 6.61 Å². The van der Waals surface area contributed by atoms with Gasteiger partial charge < -0.3 is 24.6 Å². The molecule has 7 heteroatoms. The molecule has 0 fully saturated rings. The third-order valence-corrected chi connectivity index (χ3v) is 3.54. The van der Waals surface area contributed by atoms with Crippen LogP contribution in [0.25, 0.3) is 0 Å². The van der Waals surface area contributed by atoms with Crippen molar-refractivity contribution in [1.82, 2.24) is 5.32 Å². The third kappa shape index (κ3) is 5.74. The molecule has 0 bridgehead atoms. The molecule has 2 aromatic carbocycles. The summed E-state index contributed by atoms with van der Waals surface area (Å²) in [4.78, 5) is 11.8. The minimum absolute atomic E-state index is 0.0476. The molecule has 1 amide bonds. The Hall–Kier alpha value is -2.60. The number of carbonyl (C=O) groups excluding carboxylic acids is 1. The topological polar surface area (TPSA) is 77.0 Å². The summed E-state index contributed by atoms with van der Waals surface area (Å²) in [6.45, 7) is 5.71. The molecule has 2 rings (SSSR count). The Kier molecular flexibility index (Phi) is 6.21. The van der Waals surface area contributed by atoms with Crippen LogP contribution >= 0.6 is 11.6 Å². The number of nitrogens with one attached hydrogen (secondary N) is 1. The summed E-state index contributed by atoms with van der Waals surface area (Å²) >= 11 is 6.16. The van der Waals surface area contributed by atoms with Crippen LogP contribution in [0.4, 0.5) is 4.79 Å². The highest BCUT2D eigenvalue weighted by atomic mass is 35.5. The lowest BCUT2D eigenvalue weighted by Gasteiger charge is -2.20. The number of ether oxygens (including phenoxy) is 3. The first-order valence-corrected chi connectivity index (χ1v) is 8.34. The van der Waals surface area contributed by atoms with Gasteiger partial charge in [0, 0.05) is 17.7 Å². The lowest BCUT2D eigenvalue weighted by atomic mass is 10.1. The van der Waals surface area contributed by atoms with Crippen molar-refractivity contribution in [2.45, 2.75) is 32.9 Å². The molecule has 26 heavy (non-hydrogen) atoms. The monoisotopic (exact) mass is 379 g/mol. The van der Waals surface area contributed by atoms with Gasteiger partial charge in [0.1, 0.15) is 18.1 Å². The van der Waals surface area contributed by atoms with Gasteiger partial charge in [-0.25, -0.2) is 4.79 Å². The van der Waals surface area contributed by atoms with E-state index in [1.165, 1.54) is 12.1 Å². The normalized spacial score (nSPS) is 11.0. The first-order chi connectivity index (χ1) is 12.2. The highest BCUT2D eigenvalue weighted by Crippen LogP contribution is 2.37. The van der Waals surface area contributed by atoms with Crippen molar-refractivity contribution in [3.05, 3.63) is 47.0 Å². The number of carbonyl (C=O) groups is 1. The van der Waals surface area contributed by atoms with Crippen LogP contribution in [0.3, 0.4) is 0 Å². The molecule has 0 atom stereocenters. The highest BCUT2D eigenvalue weighted by molar-refractivity contribution is 6.32. The quantitative estimate of drug-likeness (QED) is 0.798. The number of hydrogen-bond acceptors (Lipinski definition) is 5. The summed E-state index contributed by atoms with van der Waals surface area (Å²) in [7, 11) is 1.60. The van der Waals surface area contributed by atoms with Crippen LogP contribution in [0.15, 0.2) is 36.4 Å². The van der Waals surface area contributed by atoms with Crippen molar-refractivity contribution in [3.8, 4) is 23.0 Å². The van der Waals surface area contributed by atoms with Gasteiger partial charge in [0.2, 0.25) is 0 Å². The van der Waals surface area contributed by atoms with Gasteiger partial charge in [-0.2, -0.15) is 0 Å². The van der Waals surface area contributed by atoms with Gasteiger partial charge in [0.25, 0.3) is 0 Å². The molecule has 0 saturated heterocycles. The molecule has 0 unspecified atom stereocenters. The van der Waals surface area contributed by atoms with E-state index >= 15 is 0 Å². The number of halogens is 1. The predicted molar refractivity (Wildman–Crippen MR) is 99.4 cm³/mol. The van der Waals surface area contributed by atoms with Gasteiger partial charge in [-0.05, 0) is 38.5 Å². The average molecular weight is 380 g/mol. The Labute approximate surface area is 157 Å². The Morgan fingerprint density at radius 1 is 1.15 bits per heavy atom. The predicted octanol–water partition coefficient (Wildman–Crippen LogP) is 4.52. The Morgan fingerprint density at radius 2 is 1.81 bits per heavy atom. The summed E-state index contributed by atoms with van der Waals surface area (Å²) in [6, 6.07) is 10.0. The first-order valence-electron chi connectivity index (χ1n) is 7.96. The summed E-state index contributed by atoms with van der Waals surface area (Å²) in [6.07, 6.45) is -0.684. The van der Waals surface area contributed by atoms with E-state index in [0.717, 1.165) is 11.3 Å². The standard InChI is InChI=1S/C19H22ClNO5/c1-19(2,3)21-18(23)26-17-9-14(20)16(10-15(17)22)25-11-12-5-7-13(24-4)8-6-12/h5-10,22H,11H2,1-4H3,(H,21,23). The molecular formula is C19H22ClNO5. The smallest absolute Gasteiger partial charge is 0.413 e. The average Bonchev–Trinajstić information content (AvgIpc) is 2.55. The minimum atomic E-state index is -0.684. The SMILES string of the molecule is COc1ccc(COc2cc(O)c(OC(=O)NC(C)(C)C)cc2Cl)cc1. The van der Waals surface area contributed by atoms with Gasteiger partial charge in [-0.3, -0.25) is 0 Å². The van der Waals surface area contributed by atoms with Crippen molar-refractivity contribution in [2.75, 3.05) is 7.11 Å². The van der Waals surface area contributed by atoms with Crippen LogP contribution in [0, 0.1) is 0 Å². The van der Waals surface area contributed by atoms with Crippen LogP contribution in [0.1, 0.15) is 26.3 Å². The zero-order chi connectivity index (χ0) is 19.3. The molecular weight excluding hydrogens is 358 g/mol. The molecule has 0 aliphatic heterocycles. The van der Waals surface area contributed by atoms with E-state index in [9.17, 15) is 9.90 Å². The number of rotatable bonds is 5. The highest BCUT2D eigenvalue weighted by Gasteiger charge is 2.18. The third-order valence-electron chi connectivity index (χ3n) is 3.25. The molecule has 0 spiro atoms. The summed E-state index contributed by atoms with van der Waals surface area (Å²) in [5, 5.41) is 12.9. The lowest BCUT2D eigenvalue weighted by Crippen LogP contribution is -2.42. The molecule has 0 aromatic heterocycles. The molecule has 0 aliphatic carbocycles. The zero-order valence-corrected chi connectivity index (χ0v) is 15.9. The Morgan fingerprint density at radius 3 is 2.38 bits per heavy atom. The molecule has 140 valence electrons. The number of phenolic OH excluding ortho intramolecular Hbond substituents is 1. The van der Waals surface area contributed by atoms with Crippen LogP contribution < -0.4 is 19.5 Å². The fraction of sp³-hybridized carbons (Fsp3) is 0.316. The minimum Gasteiger partial charge on any atom is -0.504 e. The van der Waals surface area contributed by atoms with Crippen molar-refractivity contribution in [2.24, 2.45) is 0 Å². The number of benzene rings is 2. The fourth-order valence-electron chi connectivity index (χ4n) is 2.03. The van der Waals surface area contributed by atoms with Gasteiger partial charge >= 0.3 is 6.09 Å². The van der Waals surface area contributed by atoms with Crippen LogP contribution in [0.2, 0.25) is 5.02 Å². The first kappa shape index (κ1) is 19.7. The van der Waals surface area contributed by atoms with Gasteiger partial charge in [0.15, 0.2) is 11.5 Å². The molecule has 2 N–H and O–H groups in total. The second-order valence-corrected chi connectivity index (χ2v) is 7.06. The number of hydrogen-bond donors (Lipinski definition) is 2. The van der Waals surface area contributed by atoms with E-state index in [0.29, 0.717) is 0 Å². The number of amides is 1. The van der Waals surface area contributed by atoms with Gasteiger partial charge in [-0.15, -0.1) is 0 Å². The van der Waals surface area contributed by atoms with Crippen LogP contribution in [-0.4, -0.2) is 23.8 Å². The zero-order valence-electron chi connectivity index (χ0n) is 15.1. The van der Waals surface area contributed by atoms with Crippen molar-refractivity contribution < 1.29 is 24.1 Å². The summed E-state index contributed by atoms with van der Waals surface area (Å²) in [5.74, 6) is 0.736.